The topological polar surface area (TPSA) is 12.0 Å². The molecule has 0 fully saturated rings. The molecule has 0 aliphatic heterocycles. The van der Waals surface area contributed by atoms with Gasteiger partial charge in [-0.05, 0) is 24.3 Å². The molecule has 0 aromatic carbocycles. The van der Waals surface area contributed by atoms with Crippen LogP contribution in [0.3, 0.4) is 0 Å². The highest BCUT2D eigenvalue weighted by Crippen LogP contribution is 2.26. The third-order valence-electron chi connectivity index (χ3n) is 2.40. The van der Waals surface area contributed by atoms with Crippen LogP contribution in [0.1, 0.15) is 38.1 Å². The van der Waals surface area contributed by atoms with E-state index in [-0.39, 0.29) is 0 Å². The zero-order valence-electron chi connectivity index (χ0n) is 9.66. The molecule has 82 valence electrons. The average molecular weight is 221 g/mol. The summed E-state index contributed by atoms with van der Waals surface area (Å²) >= 11 is 1.81. The second-order valence-electron chi connectivity index (χ2n) is 4.21. The number of thiophene rings is 1. The van der Waals surface area contributed by atoms with E-state index < -0.39 is 0 Å². The van der Waals surface area contributed by atoms with Crippen LogP contribution in [-0.4, -0.2) is 6.04 Å². The van der Waals surface area contributed by atoms with Crippen molar-refractivity contribution >= 4 is 11.3 Å². The Labute approximate surface area is 96.9 Å². The number of terminal acetylenes is 1. The fourth-order valence-corrected chi connectivity index (χ4v) is 2.57. The number of hydrogen-bond donors (Lipinski definition) is 1. The highest BCUT2D eigenvalue weighted by atomic mass is 32.1. The van der Waals surface area contributed by atoms with Gasteiger partial charge in [-0.3, -0.25) is 0 Å². The van der Waals surface area contributed by atoms with E-state index in [2.05, 4.69) is 49.5 Å². The molecule has 0 aliphatic carbocycles. The van der Waals surface area contributed by atoms with E-state index in [0.717, 1.165) is 6.42 Å². The summed E-state index contributed by atoms with van der Waals surface area (Å²) in [5.74, 6) is 3.28. The summed E-state index contributed by atoms with van der Waals surface area (Å²) in [5.41, 5.74) is 0. The van der Waals surface area contributed by atoms with Gasteiger partial charge in [-0.15, -0.1) is 23.7 Å². The first-order valence-corrected chi connectivity index (χ1v) is 6.26. The van der Waals surface area contributed by atoms with E-state index in [1.807, 2.05) is 0 Å². The van der Waals surface area contributed by atoms with Crippen molar-refractivity contribution in [1.29, 1.82) is 0 Å². The van der Waals surface area contributed by atoms with Crippen LogP contribution in [0.25, 0.3) is 0 Å². The minimum Gasteiger partial charge on any atom is -0.306 e. The third-order valence-corrected chi connectivity index (χ3v) is 3.36. The lowest BCUT2D eigenvalue weighted by Crippen LogP contribution is -2.32. The van der Waals surface area contributed by atoms with Gasteiger partial charge < -0.3 is 5.32 Å². The van der Waals surface area contributed by atoms with Crippen LogP contribution in [0.5, 0.6) is 0 Å². The molecule has 0 amide bonds. The Morgan fingerprint density at radius 2 is 2.20 bits per heavy atom. The summed E-state index contributed by atoms with van der Waals surface area (Å²) < 4.78 is 0. The zero-order valence-corrected chi connectivity index (χ0v) is 10.5. The first-order valence-electron chi connectivity index (χ1n) is 5.38. The molecule has 0 bridgehead atoms. The van der Waals surface area contributed by atoms with E-state index in [1.54, 1.807) is 11.3 Å². The Morgan fingerprint density at radius 1 is 1.47 bits per heavy atom. The van der Waals surface area contributed by atoms with Crippen molar-refractivity contribution in [3.63, 3.8) is 0 Å². The van der Waals surface area contributed by atoms with Crippen LogP contribution in [0, 0.1) is 18.3 Å². The van der Waals surface area contributed by atoms with Gasteiger partial charge in [0, 0.05) is 23.4 Å². The summed E-state index contributed by atoms with van der Waals surface area (Å²) in [6, 6.07) is 5.09. The van der Waals surface area contributed by atoms with Gasteiger partial charge >= 0.3 is 0 Å². The maximum atomic E-state index is 5.31. The van der Waals surface area contributed by atoms with Gasteiger partial charge in [0.05, 0.1) is 0 Å². The highest BCUT2D eigenvalue weighted by Gasteiger charge is 2.18. The van der Waals surface area contributed by atoms with Crippen molar-refractivity contribution < 1.29 is 0 Å². The lowest BCUT2D eigenvalue weighted by molar-refractivity contribution is 0.377. The quantitative estimate of drug-likeness (QED) is 0.751. The van der Waals surface area contributed by atoms with Gasteiger partial charge in [0.15, 0.2) is 0 Å². The number of nitrogens with one attached hydrogen (secondary N) is 1. The summed E-state index contributed by atoms with van der Waals surface area (Å²) in [4.78, 5) is 1.40. The molecule has 1 rings (SSSR count). The molecule has 1 aromatic rings. The Balaban J connectivity index is 2.64. The van der Waals surface area contributed by atoms with Gasteiger partial charge in [-0.2, -0.15) is 0 Å². The minimum absolute atomic E-state index is 0.379. The maximum absolute atomic E-state index is 5.31. The summed E-state index contributed by atoms with van der Waals surface area (Å²) in [6.45, 7) is 6.61. The standard InChI is InChI=1S/C13H19NS/c1-5-7-11(4)14-13(10(2)3)12-8-6-9-15-12/h1,6,8-11,13-14H,7H2,2-4H3. The molecule has 1 heterocycles. The van der Waals surface area contributed by atoms with Gasteiger partial charge in [-0.25, -0.2) is 0 Å². The van der Waals surface area contributed by atoms with Crippen molar-refractivity contribution in [2.45, 2.75) is 39.3 Å². The molecule has 0 aliphatic rings. The molecule has 1 nitrogen and oxygen atoms in total. The first-order chi connectivity index (χ1) is 7.15. The SMILES string of the molecule is C#CCC(C)NC(c1cccs1)C(C)C. The van der Waals surface area contributed by atoms with E-state index in [1.165, 1.54) is 4.88 Å². The molecule has 1 N–H and O–H groups in total. The average Bonchev–Trinajstić information content (AvgIpc) is 2.66. The molecular formula is C13H19NS. The Hall–Kier alpha value is -0.780. The number of hydrogen-bond acceptors (Lipinski definition) is 2. The fourth-order valence-electron chi connectivity index (χ4n) is 1.61. The lowest BCUT2D eigenvalue weighted by atomic mass is 10.0. The van der Waals surface area contributed by atoms with Crippen LogP contribution in [0.4, 0.5) is 0 Å². The van der Waals surface area contributed by atoms with Gasteiger partial charge in [-0.1, -0.05) is 19.9 Å². The maximum Gasteiger partial charge on any atom is 0.0440 e. The molecule has 2 atom stereocenters. The monoisotopic (exact) mass is 221 g/mol. The van der Waals surface area contributed by atoms with Crippen molar-refractivity contribution in [3.05, 3.63) is 22.4 Å². The van der Waals surface area contributed by atoms with Crippen molar-refractivity contribution in [2.24, 2.45) is 5.92 Å². The predicted octanol–water partition coefficient (Wildman–Crippen LogP) is 3.45. The van der Waals surface area contributed by atoms with Crippen molar-refractivity contribution in [1.82, 2.24) is 5.32 Å². The van der Waals surface area contributed by atoms with Crippen LogP contribution >= 0.6 is 11.3 Å². The highest BCUT2D eigenvalue weighted by molar-refractivity contribution is 7.10. The third kappa shape index (κ3) is 3.70. The Kier molecular flexibility index (Phi) is 4.87. The van der Waals surface area contributed by atoms with E-state index >= 15 is 0 Å². The molecule has 1 aromatic heterocycles. The Morgan fingerprint density at radius 3 is 2.67 bits per heavy atom. The second-order valence-corrected chi connectivity index (χ2v) is 5.19. The molecule has 0 spiro atoms. The molecule has 0 saturated carbocycles. The van der Waals surface area contributed by atoms with Gasteiger partial charge in [0.25, 0.3) is 0 Å². The molecular weight excluding hydrogens is 202 g/mol. The van der Waals surface area contributed by atoms with E-state index in [9.17, 15) is 0 Å². The summed E-state index contributed by atoms with van der Waals surface area (Å²) in [7, 11) is 0. The second kappa shape index (κ2) is 5.95. The van der Waals surface area contributed by atoms with Crippen LogP contribution in [-0.2, 0) is 0 Å². The van der Waals surface area contributed by atoms with Gasteiger partial charge in [0.2, 0.25) is 0 Å². The molecule has 0 saturated heterocycles. The molecule has 0 radical (unpaired) electrons. The van der Waals surface area contributed by atoms with E-state index in [4.69, 9.17) is 6.42 Å². The summed E-state index contributed by atoms with van der Waals surface area (Å²) in [5, 5.41) is 5.71. The molecule has 2 unspecified atom stereocenters. The van der Waals surface area contributed by atoms with Crippen LogP contribution in [0.2, 0.25) is 0 Å². The minimum atomic E-state index is 0.379. The number of rotatable bonds is 5. The lowest BCUT2D eigenvalue weighted by Gasteiger charge is -2.24. The predicted molar refractivity (Wildman–Crippen MR) is 67.9 cm³/mol. The Bertz CT molecular complexity index is 308. The van der Waals surface area contributed by atoms with Crippen molar-refractivity contribution in [2.75, 3.05) is 0 Å². The van der Waals surface area contributed by atoms with Crippen LogP contribution < -0.4 is 5.32 Å². The van der Waals surface area contributed by atoms with Gasteiger partial charge in [0.1, 0.15) is 0 Å². The normalized spacial score (nSPS) is 14.9. The summed E-state index contributed by atoms with van der Waals surface area (Å²) in [6.07, 6.45) is 6.10. The largest absolute Gasteiger partial charge is 0.306 e. The zero-order chi connectivity index (χ0) is 11.3. The molecule has 15 heavy (non-hydrogen) atoms. The first kappa shape index (κ1) is 12.3. The molecule has 2 heteroatoms. The smallest absolute Gasteiger partial charge is 0.0440 e. The van der Waals surface area contributed by atoms with Crippen LogP contribution in [0.15, 0.2) is 17.5 Å². The fraction of sp³-hybridized carbons (Fsp3) is 0.538. The van der Waals surface area contributed by atoms with Crippen molar-refractivity contribution in [3.8, 4) is 12.3 Å². The van der Waals surface area contributed by atoms with E-state index in [0.29, 0.717) is 18.0 Å².